The van der Waals surface area contributed by atoms with Gasteiger partial charge in [0.2, 0.25) is 0 Å². The smallest absolute Gasteiger partial charge is 0.274 e. The summed E-state index contributed by atoms with van der Waals surface area (Å²) in [6.45, 7) is 3.85. The molecule has 0 aliphatic carbocycles. The summed E-state index contributed by atoms with van der Waals surface area (Å²) in [7, 11) is 0. The Bertz CT molecular complexity index is 1230. The number of carbonyl (C=O) groups is 1. The number of hydroxylamine groups is 1. The maximum atomic E-state index is 11.5. The third kappa shape index (κ3) is 4.79. The zero-order valence-corrected chi connectivity index (χ0v) is 18.4. The molecule has 1 amide bonds. The Balaban J connectivity index is 1.23. The maximum absolute atomic E-state index is 11.5. The first-order chi connectivity index (χ1) is 16.2. The number of nitrogens with one attached hydrogen (secondary N) is 1. The monoisotopic (exact) mass is 441 g/mol. The van der Waals surface area contributed by atoms with Gasteiger partial charge >= 0.3 is 0 Å². The van der Waals surface area contributed by atoms with Crippen molar-refractivity contribution in [1.82, 2.24) is 24.9 Å². The van der Waals surface area contributed by atoms with E-state index in [0.29, 0.717) is 18.0 Å². The van der Waals surface area contributed by atoms with E-state index in [0.717, 1.165) is 49.1 Å². The summed E-state index contributed by atoms with van der Waals surface area (Å²) in [5.74, 6) is 0.0366. The van der Waals surface area contributed by atoms with Gasteiger partial charge in [0.25, 0.3) is 5.91 Å². The molecule has 2 N–H and O–H groups in total. The van der Waals surface area contributed by atoms with E-state index in [1.807, 2.05) is 30.7 Å². The summed E-state index contributed by atoms with van der Waals surface area (Å²) in [6.07, 6.45) is 10.1. The van der Waals surface area contributed by atoms with Crippen LogP contribution in [0.5, 0.6) is 0 Å². The molecule has 0 saturated carbocycles. The molecule has 0 atom stereocenters. The van der Waals surface area contributed by atoms with E-state index in [2.05, 4.69) is 44.9 Å². The average Bonchev–Trinajstić information content (AvgIpc) is 3.27. The molecule has 1 aliphatic heterocycles. The largest absolute Gasteiger partial charge is 0.328 e. The van der Waals surface area contributed by atoms with Gasteiger partial charge in [-0.1, -0.05) is 12.1 Å². The van der Waals surface area contributed by atoms with E-state index >= 15 is 0 Å². The van der Waals surface area contributed by atoms with Crippen molar-refractivity contribution in [2.45, 2.75) is 31.8 Å². The molecule has 7 heteroatoms. The van der Waals surface area contributed by atoms with Crippen LogP contribution in [0.1, 0.15) is 45.8 Å². The summed E-state index contributed by atoms with van der Waals surface area (Å²) >= 11 is 0. The van der Waals surface area contributed by atoms with Gasteiger partial charge in [-0.3, -0.25) is 19.9 Å². The van der Waals surface area contributed by atoms with Crippen LogP contribution in [0.2, 0.25) is 0 Å². The summed E-state index contributed by atoms with van der Waals surface area (Å²) in [5.41, 5.74) is 6.75. The van der Waals surface area contributed by atoms with E-state index in [4.69, 9.17) is 10.2 Å². The minimum atomic E-state index is -0.509. The molecule has 4 heterocycles. The standard InChI is InChI=1S/C26H27N5O2/c32-26(29-33)22-3-1-19(2-4-22)18-31-14-9-23-15-24(16-28-25(23)31)21-7-12-30(13-8-21)17-20-5-10-27-11-6-20/h1-6,9-11,14-16,21,33H,7-8,12-13,17-18H2,(H,29,32). The highest BCUT2D eigenvalue weighted by Gasteiger charge is 2.21. The fourth-order valence-electron chi connectivity index (χ4n) is 4.64. The summed E-state index contributed by atoms with van der Waals surface area (Å²) in [4.78, 5) is 22.9. The van der Waals surface area contributed by atoms with Crippen molar-refractivity contribution >= 4 is 16.9 Å². The van der Waals surface area contributed by atoms with E-state index in [-0.39, 0.29) is 0 Å². The number of piperidine rings is 1. The molecular formula is C26H27N5O2. The number of nitrogens with zero attached hydrogens (tertiary/aromatic N) is 4. The van der Waals surface area contributed by atoms with Crippen molar-refractivity contribution in [3.05, 3.63) is 95.6 Å². The Hall–Kier alpha value is -3.55. The fraction of sp³-hybridized carbons (Fsp3) is 0.269. The van der Waals surface area contributed by atoms with E-state index < -0.39 is 5.91 Å². The van der Waals surface area contributed by atoms with Gasteiger partial charge in [-0.15, -0.1) is 0 Å². The van der Waals surface area contributed by atoms with Gasteiger partial charge in [0.1, 0.15) is 5.65 Å². The lowest BCUT2D eigenvalue weighted by Crippen LogP contribution is -2.32. The summed E-state index contributed by atoms with van der Waals surface area (Å²) in [5, 5.41) is 9.91. The van der Waals surface area contributed by atoms with Crippen molar-refractivity contribution < 1.29 is 10.0 Å². The van der Waals surface area contributed by atoms with Crippen LogP contribution in [0.3, 0.4) is 0 Å². The molecule has 1 aliphatic rings. The number of amides is 1. The Labute approximate surface area is 192 Å². The first kappa shape index (κ1) is 21.3. The van der Waals surface area contributed by atoms with Gasteiger partial charge in [-0.2, -0.15) is 0 Å². The highest BCUT2D eigenvalue weighted by molar-refractivity contribution is 5.93. The molecule has 168 valence electrons. The summed E-state index contributed by atoms with van der Waals surface area (Å²) < 4.78 is 2.12. The van der Waals surface area contributed by atoms with Gasteiger partial charge in [0, 0.05) is 48.8 Å². The summed E-state index contributed by atoms with van der Waals surface area (Å²) in [6, 6.07) is 15.8. The lowest BCUT2D eigenvalue weighted by atomic mass is 9.90. The molecule has 1 aromatic carbocycles. The molecule has 0 spiro atoms. The van der Waals surface area contributed by atoms with Crippen LogP contribution in [-0.2, 0) is 13.1 Å². The van der Waals surface area contributed by atoms with Gasteiger partial charge in [0.05, 0.1) is 0 Å². The van der Waals surface area contributed by atoms with Crippen LogP contribution in [0.4, 0.5) is 0 Å². The van der Waals surface area contributed by atoms with Crippen LogP contribution < -0.4 is 5.48 Å². The molecule has 0 radical (unpaired) electrons. The number of hydrogen-bond acceptors (Lipinski definition) is 5. The lowest BCUT2D eigenvalue weighted by molar-refractivity contribution is 0.0706. The SMILES string of the molecule is O=C(NO)c1ccc(Cn2ccc3cc(C4CCN(Cc5ccncc5)CC4)cnc32)cc1. The highest BCUT2D eigenvalue weighted by atomic mass is 16.5. The zero-order chi connectivity index (χ0) is 22.6. The molecular weight excluding hydrogens is 414 g/mol. The number of rotatable bonds is 6. The Morgan fingerprint density at radius 3 is 2.45 bits per heavy atom. The molecule has 3 aromatic heterocycles. The second kappa shape index (κ2) is 9.52. The predicted molar refractivity (Wildman–Crippen MR) is 126 cm³/mol. The Morgan fingerprint density at radius 1 is 1.00 bits per heavy atom. The predicted octanol–water partition coefficient (Wildman–Crippen LogP) is 3.98. The maximum Gasteiger partial charge on any atom is 0.274 e. The second-order valence-electron chi connectivity index (χ2n) is 8.67. The molecule has 4 aromatic rings. The molecule has 5 rings (SSSR count). The van der Waals surface area contributed by atoms with Crippen LogP contribution in [0, 0.1) is 0 Å². The third-order valence-electron chi connectivity index (χ3n) is 6.51. The van der Waals surface area contributed by atoms with Crippen LogP contribution in [0.25, 0.3) is 11.0 Å². The van der Waals surface area contributed by atoms with E-state index in [9.17, 15) is 4.79 Å². The lowest BCUT2D eigenvalue weighted by Gasteiger charge is -2.32. The number of fused-ring (bicyclic) bond motifs is 1. The van der Waals surface area contributed by atoms with Gasteiger partial charge in [0.15, 0.2) is 0 Å². The quantitative estimate of drug-likeness (QED) is 0.349. The second-order valence-corrected chi connectivity index (χ2v) is 8.67. The molecule has 0 bridgehead atoms. The van der Waals surface area contributed by atoms with Crippen molar-refractivity contribution in [2.24, 2.45) is 0 Å². The van der Waals surface area contributed by atoms with Gasteiger partial charge in [-0.25, -0.2) is 10.5 Å². The topological polar surface area (TPSA) is 83.3 Å². The average molecular weight is 442 g/mol. The van der Waals surface area contributed by atoms with Gasteiger partial charge < -0.3 is 4.57 Å². The zero-order valence-electron chi connectivity index (χ0n) is 18.4. The number of pyridine rings is 2. The third-order valence-corrected chi connectivity index (χ3v) is 6.51. The van der Waals surface area contributed by atoms with E-state index in [1.165, 1.54) is 11.1 Å². The Morgan fingerprint density at radius 2 is 1.73 bits per heavy atom. The first-order valence-corrected chi connectivity index (χ1v) is 11.3. The molecule has 1 fully saturated rings. The van der Waals surface area contributed by atoms with Gasteiger partial charge in [-0.05, 0) is 84.9 Å². The minimum absolute atomic E-state index is 0.424. The van der Waals surface area contributed by atoms with Crippen LogP contribution in [0.15, 0.2) is 73.3 Å². The minimum Gasteiger partial charge on any atom is -0.328 e. The van der Waals surface area contributed by atoms with Crippen molar-refractivity contribution in [3.8, 4) is 0 Å². The Kier molecular flexibility index (Phi) is 6.15. The molecule has 0 unspecified atom stereocenters. The fourth-order valence-corrected chi connectivity index (χ4v) is 4.64. The van der Waals surface area contributed by atoms with E-state index in [1.54, 1.807) is 17.6 Å². The first-order valence-electron chi connectivity index (χ1n) is 11.3. The normalized spacial score (nSPS) is 15.1. The van der Waals surface area contributed by atoms with Crippen molar-refractivity contribution in [2.75, 3.05) is 13.1 Å². The van der Waals surface area contributed by atoms with Crippen molar-refractivity contribution in [3.63, 3.8) is 0 Å². The van der Waals surface area contributed by atoms with Crippen molar-refractivity contribution in [1.29, 1.82) is 0 Å². The molecule has 33 heavy (non-hydrogen) atoms. The molecule has 1 saturated heterocycles. The number of likely N-dealkylation sites (tertiary alicyclic amines) is 1. The van der Waals surface area contributed by atoms with Crippen LogP contribution in [-0.4, -0.2) is 43.6 Å². The van der Waals surface area contributed by atoms with Crippen LogP contribution >= 0.6 is 0 Å². The number of carbonyl (C=O) groups excluding carboxylic acids is 1. The number of hydrogen-bond donors (Lipinski definition) is 2. The number of aromatic nitrogens is 3. The molecule has 7 nitrogen and oxygen atoms in total. The number of benzene rings is 1. The highest BCUT2D eigenvalue weighted by Crippen LogP contribution is 2.30.